The monoisotopic (exact) mass is 506 g/mol. The average molecular weight is 507 g/mol. The normalized spacial score (nSPS) is 15.4. The Hall–Kier alpha value is -4.24. The summed E-state index contributed by atoms with van der Waals surface area (Å²) in [6.07, 6.45) is 5.74. The number of benzene rings is 2. The second-order valence-electron chi connectivity index (χ2n) is 8.70. The van der Waals surface area contributed by atoms with E-state index in [0.717, 1.165) is 36.9 Å². The van der Waals surface area contributed by atoms with Crippen LogP contribution in [-0.4, -0.2) is 58.5 Å². The van der Waals surface area contributed by atoms with Crippen LogP contribution in [-0.2, 0) is 0 Å². The summed E-state index contributed by atoms with van der Waals surface area (Å²) >= 11 is 1.53. The summed E-state index contributed by atoms with van der Waals surface area (Å²) in [4.78, 5) is 28.8. The Morgan fingerprint density at radius 3 is 2.19 bits per heavy atom. The van der Waals surface area contributed by atoms with Gasteiger partial charge in [-0.3, -0.25) is 9.98 Å². The van der Waals surface area contributed by atoms with E-state index in [2.05, 4.69) is 67.6 Å². The van der Waals surface area contributed by atoms with Crippen molar-refractivity contribution < 1.29 is 0 Å². The molecule has 9 heteroatoms. The van der Waals surface area contributed by atoms with E-state index in [4.69, 9.17) is 15.0 Å². The number of aromatic nitrogens is 4. The van der Waals surface area contributed by atoms with Gasteiger partial charge in [0, 0.05) is 49.2 Å². The van der Waals surface area contributed by atoms with Gasteiger partial charge in [0.2, 0.25) is 11.9 Å². The summed E-state index contributed by atoms with van der Waals surface area (Å²) < 4.78 is 0. The van der Waals surface area contributed by atoms with Gasteiger partial charge in [-0.05, 0) is 53.2 Å². The molecule has 4 heterocycles. The Bertz CT molecular complexity index is 1400. The lowest BCUT2D eigenvalue weighted by Gasteiger charge is -2.36. The quantitative estimate of drug-likeness (QED) is 0.405. The fourth-order valence-electron chi connectivity index (χ4n) is 4.35. The third kappa shape index (κ3) is 5.62. The summed E-state index contributed by atoms with van der Waals surface area (Å²) in [6.45, 7) is 4.04. The SMILES string of the molecule is C1=C(c2ccccc2)CN=C1Nc1nc(Sc2ccccc2)nc(N2CCN(c3ccncc3)CC2)n1. The summed E-state index contributed by atoms with van der Waals surface area (Å²) in [5, 5.41) is 3.99. The smallest absolute Gasteiger partial charge is 0.234 e. The largest absolute Gasteiger partial charge is 0.368 e. The minimum atomic E-state index is 0.504. The molecule has 0 unspecified atom stereocenters. The fourth-order valence-corrected chi connectivity index (χ4v) is 5.11. The molecule has 2 aliphatic heterocycles. The molecule has 1 fully saturated rings. The molecule has 2 aromatic carbocycles. The minimum absolute atomic E-state index is 0.504. The predicted molar refractivity (Wildman–Crippen MR) is 149 cm³/mol. The van der Waals surface area contributed by atoms with Gasteiger partial charge in [-0.15, -0.1) is 0 Å². The van der Waals surface area contributed by atoms with E-state index in [0.29, 0.717) is 23.6 Å². The van der Waals surface area contributed by atoms with Crippen molar-refractivity contribution in [3.63, 3.8) is 0 Å². The molecule has 2 aromatic heterocycles. The molecule has 0 amide bonds. The first-order valence-corrected chi connectivity index (χ1v) is 13.1. The molecule has 37 heavy (non-hydrogen) atoms. The van der Waals surface area contributed by atoms with Crippen molar-refractivity contribution >= 4 is 40.8 Å². The van der Waals surface area contributed by atoms with E-state index >= 15 is 0 Å². The van der Waals surface area contributed by atoms with Crippen molar-refractivity contribution in [3.8, 4) is 0 Å². The van der Waals surface area contributed by atoms with E-state index < -0.39 is 0 Å². The average Bonchev–Trinajstić information content (AvgIpc) is 3.43. The second-order valence-corrected chi connectivity index (χ2v) is 9.74. The topological polar surface area (TPSA) is 82.4 Å². The lowest BCUT2D eigenvalue weighted by atomic mass is 10.1. The van der Waals surface area contributed by atoms with Gasteiger partial charge >= 0.3 is 0 Å². The standard InChI is InChI=1S/C28H26N8S/c1-3-7-21(8-4-1)22-19-25(30-20-22)31-26-32-27(34-28(33-26)37-24-9-5-2-6-10-24)36-17-15-35(16-18-36)23-11-13-29-14-12-23/h1-14,19H,15-18,20H2,(H,30,31,32,33,34). The Morgan fingerprint density at radius 2 is 1.43 bits per heavy atom. The molecule has 0 saturated carbocycles. The van der Waals surface area contributed by atoms with Gasteiger partial charge in [0.25, 0.3) is 0 Å². The van der Waals surface area contributed by atoms with E-state index in [9.17, 15) is 0 Å². The van der Waals surface area contributed by atoms with E-state index in [1.54, 1.807) is 0 Å². The second kappa shape index (κ2) is 10.8. The molecule has 2 aliphatic rings. The highest BCUT2D eigenvalue weighted by Gasteiger charge is 2.22. The summed E-state index contributed by atoms with van der Waals surface area (Å²) in [5.74, 6) is 1.94. The zero-order valence-electron chi connectivity index (χ0n) is 20.2. The third-order valence-corrected chi connectivity index (χ3v) is 7.13. The summed E-state index contributed by atoms with van der Waals surface area (Å²) in [5.41, 5.74) is 3.53. The van der Waals surface area contributed by atoms with Gasteiger partial charge in [0.05, 0.1) is 6.54 Å². The van der Waals surface area contributed by atoms with Crippen LogP contribution in [0.1, 0.15) is 5.56 Å². The number of piperazine rings is 1. The number of nitrogens with one attached hydrogen (secondary N) is 1. The first kappa shape index (κ1) is 23.2. The molecule has 0 spiro atoms. The number of pyridine rings is 1. The van der Waals surface area contributed by atoms with Gasteiger partial charge in [0.1, 0.15) is 5.84 Å². The Morgan fingerprint density at radius 1 is 0.730 bits per heavy atom. The highest BCUT2D eigenvalue weighted by atomic mass is 32.2. The lowest BCUT2D eigenvalue weighted by Crippen LogP contribution is -2.47. The first-order chi connectivity index (χ1) is 18.3. The van der Waals surface area contributed by atoms with Gasteiger partial charge in [-0.2, -0.15) is 15.0 Å². The first-order valence-electron chi connectivity index (χ1n) is 12.3. The Kier molecular flexibility index (Phi) is 6.76. The number of nitrogens with zero attached hydrogens (tertiary/aromatic N) is 7. The minimum Gasteiger partial charge on any atom is -0.368 e. The molecular weight excluding hydrogens is 480 g/mol. The van der Waals surface area contributed by atoms with Crippen LogP contribution in [0.4, 0.5) is 17.6 Å². The molecule has 6 rings (SSSR count). The highest BCUT2D eigenvalue weighted by molar-refractivity contribution is 7.99. The lowest BCUT2D eigenvalue weighted by molar-refractivity contribution is 0.634. The van der Waals surface area contributed by atoms with Crippen LogP contribution in [0.15, 0.2) is 106 Å². The highest BCUT2D eigenvalue weighted by Crippen LogP contribution is 2.28. The van der Waals surface area contributed by atoms with Gasteiger partial charge in [-0.1, -0.05) is 48.5 Å². The van der Waals surface area contributed by atoms with E-state index in [-0.39, 0.29) is 0 Å². The molecule has 4 aromatic rings. The van der Waals surface area contributed by atoms with Crippen molar-refractivity contribution in [2.75, 3.05) is 47.8 Å². The maximum Gasteiger partial charge on any atom is 0.234 e. The van der Waals surface area contributed by atoms with Crippen molar-refractivity contribution in [1.82, 2.24) is 19.9 Å². The molecule has 0 aliphatic carbocycles. The predicted octanol–water partition coefficient (Wildman–Crippen LogP) is 4.65. The maximum absolute atomic E-state index is 4.83. The van der Waals surface area contributed by atoms with Crippen molar-refractivity contribution in [2.24, 2.45) is 4.99 Å². The van der Waals surface area contributed by atoms with Crippen LogP contribution >= 0.6 is 11.8 Å². The van der Waals surface area contributed by atoms with Crippen LogP contribution in [0, 0.1) is 0 Å². The molecule has 1 saturated heterocycles. The van der Waals surface area contributed by atoms with Crippen LogP contribution in [0.2, 0.25) is 0 Å². The van der Waals surface area contributed by atoms with Crippen LogP contribution in [0.25, 0.3) is 5.57 Å². The van der Waals surface area contributed by atoms with Crippen LogP contribution < -0.4 is 15.1 Å². The zero-order chi connectivity index (χ0) is 24.9. The van der Waals surface area contributed by atoms with Crippen molar-refractivity contribution in [3.05, 3.63) is 96.8 Å². The molecule has 0 bridgehead atoms. The van der Waals surface area contributed by atoms with Crippen LogP contribution in [0.3, 0.4) is 0 Å². The maximum atomic E-state index is 4.83. The number of amidine groups is 1. The molecule has 8 nitrogen and oxygen atoms in total. The summed E-state index contributed by atoms with van der Waals surface area (Å²) in [6, 6.07) is 24.6. The number of aliphatic imine (C=N–C) groups is 1. The Labute approximate surface area is 220 Å². The number of hydrogen-bond acceptors (Lipinski definition) is 9. The molecule has 1 N–H and O–H groups in total. The summed E-state index contributed by atoms with van der Waals surface area (Å²) in [7, 11) is 0. The number of rotatable bonds is 6. The third-order valence-electron chi connectivity index (χ3n) is 6.26. The van der Waals surface area contributed by atoms with E-state index in [1.165, 1.54) is 28.6 Å². The molecule has 0 atom stereocenters. The van der Waals surface area contributed by atoms with Crippen molar-refractivity contribution in [1.29, 1.82) is 0 Å². The molecule has 0 radical (unpaired) electrons. The zero-order valence-corrected chi connectivity index (χ0v) is 21.1. The number of anilines is 3. The Balaban J connectivity index is 1.23. The van der Waals surface area contributed by atoms with Crippen LogP contribution in [0.5, 0.6) is 0 Å². The number of hydrogen-bond donors (Lipinski definition) is 1. The van der Waals surface area contributed by atoms with Gasteiger partial charge in [0.15, 0.2) is 5.16 Å². The van der Waals surface area contributed by atoms with Gasteiger partial charge in [-0.25, -0.2) is 0 Å². The fraction of sp³-hybridized carbons (Fsp3) is 0.179. The van der Waals surface area contributed by atoms with E-state index in [1.807, 2.05) is 48.8 Å². The van der Waals surface area contributed by atoms with Crippen molar-refractivity contribution in [2.45, 2.75) is 10.1 Å². The molecule has 184 valence electrons. The molecular formula is C28H26N8S. The van der Waals surface area contributed by atoms with Gasteiger partial charge < -0.3 is 15.1 Å².